The molecule has 2 aromatic rings. The minimum absolute atomic E-state index is 0.0435. The highest BCUT2D eigenvalue weighted by atomic mass is 35.5. The molecule has 3 aliphatic rings. The minimum Gasteiger partial charge on any atom is -0.481 e. The van der Waals surface area contributed by atoms with E-state index in [9.17, 15) is 24.4 Å². The molecule has 17 nitrogen and oxygen atoms in total. The average molecular weight is 762 g/mol. The number of rotatable bonds is 15. The van der Waals surface area contributed by atoms with Crippen molar-refractivity contribution in [3.8, 4) is 0 Å². The number of aliphatic carboxylic acids is 1. The molecule has 2 aliphatic heterocycles. The van der Waals surface area contributed by atoms with Crippen molar-refractivity contribution in [2.45, 2.75) is 134 Å². The van der Waals surface area contributed by atoms with Crippen LogP contribution in [0.2, 0.25) is 5.28 Å². The van der Waals surface area contributed by atoms with E-state index in [1.54, 1.807) is 48.5 Å². The zero-order valence-corrected chi connectivity index (χ0v) is 31.7. The standard InChI is InChI=1S/C32H49ClN5O12P/c1-8-45-51(43,46-9-2)32(18-39,15-14-22(40)41)44-17-21-23-24(49-31(6,7)48-23)27(47-21)38-26-20(16-34-38)25(35-28(33)36-26)37(19-12-10-11-13-19)29(42)50-30(3,4)5/h16,19,21,23-24,27,39H,8-15,17-18H2,1-7H3,(H,40,41)/t21-,23-,24-,27-,32?/m1/s1. The maximum atomic E-state index is 14.1. The number of aliphatic hydroxyl groups is 1. The molecule has 286 valence electrons. The molecule has 4 heterocycles. The lowest BCUT2D eigenvalue weighted by Crippen LogP contribution is -2.43. The maximum absolute atomic E-state index is 14.1. The number of aromatic nitrogens is 4. The third-order valence-corrected chi connectivity index (χ3v) is 11.7. The summed E-state index contributed by atoms with van der Waals surface area (Å²) >= 11 is 6.52. The van der Waals surface area contributed by atoms with Gasteiger partial charge in [0.1, 0.15) is 23.9 Å². The number of hydrogen-bond donors (Lipinski definition) is 2. The Kier molecular flexibility index (Phi) is 12.1. The topological polar surface area (TPSA) is 203 Å². The Bertz CT molecular complexity index is 1600. The fraction of sp³-hybridized carbons (Fsp3) is 0.781. The molecule has 51 heavy (non-hydrogen) atoms. The number of aliphatic hydroxyl groups excluding tert-OH is 1. The molecule has 5 rings (SSSR count). The van der Waals surface area contributed by atoms with Gasteiger partial charge in [0.2, 0.25) is 5.28 Å². The Labute approximate surface area is 301 Å². The Morgan fingerprint density at radius 1 is 1.12 bits per heavy atom. The van der Waals surface area contributed by atoms with Crippen LogP contribution in [0.5, 0.6) is 0 Å². The monoisotopic (exact) mass is 761 g/mol. The number of anilines is 1. The number of nitrogens with zero attached hydrogens (tertiary/aromatic N) is 5. The van der Waals surface area contributed by atoms with Crippen LogP contribution < -0.4 is 4.90 Å². The van der Waals surface area contributed by atoms with Crippen LogP contribution in [0.15, 0.2) is 6.20 Å². The Balaban J connectivity index is 1.51. The van der Waals surface area contributed by atoms with Gasteiger partial charge in [-0.2, -0.15) is 15.1 Å². The van der Waals surface area contributed by atoms with Crippen LogP contribution in [-0.4, -0.2) is 110 Å². The molecule has 5 atom stereocenters. The zero-order valence-electron chi connectivity index (χ0n) is 30.1. The second-order valence-corrected chi connectivity index (χ2v) is 16.9. The van der Waals surface area contributed by atoms with E-state index in [0.717, 1.165) is 25.7 Å². The molecule has 1 saturated carbocycles. The molecule has 19 heteroatoms. The molecule has 3 fully saturated rings. The third kappa shape index (κ3) is 8.36. The molecule has 0 aromatic carbocycles. The molecule has 2 saturated heterocycles. The number of halogens is 1. The van der Waals surface area contributed by atoms with Crippen molar-refractivity contribution in [2.24, 2.45) is 0 Å². The Morgan fingerprint density at radius 2 is 1.76 bits per heavy atom. The van der Waals surface area contributed by atoms with Gasteiger partial charge >= 0.3 is 19.7 Å². The normalized spacial score (nSPS) is 24.9. The van der Waals surface area contributed by atoms with Crippen LogP contribution in [0.3, 0.4) is 0 Å². The van der Waals surface area contributed by atoms with Gasteiger partial charge in [0.15, 0.2) is 28.8 Å². The molecular weight excluding hydrogens is 713 g/mol. The summed E-state index contributed by atoms with van der Waals surface area (Å²) in [5.41, 5.74) is -0.497. The van der Waals surface area contributed by atoms with Gasteiger partial charge in [0, 0.05) is 18.9 Å². The number of carbonyl (C=O) groups excluding carboxylic acids is 1. The fourth-order valence-electron chi connectivity index (χ4n) is 6.78. The van der Waals surface area contributed by atoms with Crippen LogP contribution in [-0.2, 0) is 42.1 Å². The summed E-state index contributed by atoms with van der Waals surface area (Å²) in [5, 5.41) is 23.0. The van der Waals surface area contributed by atoms with E-state index in [0.29, 0.717) is 5.39 Å². The van der Waals surface area contributed by atoms with Crippen molar-refractivity contribution < 1.29 is 57.1 Å². The molecule has 2 N–H and O–H groups in total. The van der Waals surface area contributed by atoms with Gasteiger partial charge in [-0.1, -0.05) is 12.8 Å². The van der Waals surface area contributed by atoms with Crippen LogP contribution in [0, 0.1) is 0 Å². The van der Waals surface area contributed by atoms with Gasteiger partial charge in [-0.05, 0) is 72.9 Å². The summed E-state index contributed by atoms with van der Waals surface area (Å²) in [6, 6.07) is -0.171. The van der Waals surface area contributed by atoms with Gasteiger partial charge in [0.05, 0.1) is 38.0 Å². The molecule has 2 aromatic heterocycles. The molecule has 1 amide bonds. The minimum atomic E-state index is -4.23. The first-order chi connectivity index (χ1) is 24.0. The number of amides is 1. The van der Waals surface area contributed by atoms with E-state index in [1.165, 1.54) is 15.8 Å². The first kappa shape index (κ1) is 39.7. The number of carbonyl (C=O) groups is 2. The maximum Gasteiger partial charge on any atom is 0.416 e. The number of fused-ring (bicyclic) bond motifs is 2. The van der Waals surface area contributed by atoms with Crippen LogP contribution >= 0.6 is 19.2 Å². The van der Waals surface area contributed by atoms with E-state index in [-0.39, 0.29) is 49.0 Å². The average Bonchev–Trinajstić information content (AvgIpc) is 3.82. The largest absolute Gasteiger partial charge is 0.481 e. The SMILES string of the molecule is CCOP(=O)(OCC)C(CO)(CCC(=O)O)OC[C@H]1O[C@@H](n2ncc3c(N(C(=O)OC(C)(C)C)C4CCCC4)nc(Cl)nc32)[C@@H]2OC(C)(C)O[C@@H]21. The highest BCUT2D eigenvalue weighted by Gasteiger charge is 2.59. The van der Waals surface area contributed by atoms with Crippen molar-refractivity contribution >= 4 is 48.1 Å². The molecule has 1 aliphatic carbocycles. The lowest BCUT2D eigenvalue weighted by Gasteiger charge is -2.38. The van der Waals surface area contributed by atoms with Crippen LogP contribution in [0.25, 0.3) is 11.0 Å². The summed E-state index contributed by atoms with van der Waals surface area (Å²) in [5.74, 6) is -1.99. The van der Waals surface area contributed by atoms with Crippen molar-refractivity contribution in [1.29, 1.82) is 0 Å². The number of carboxylic acid groups (broad SMARTS) is 1. The quantitative estimate of drug-likeness (QED) is 0.172. The van der Waals surface area contributed by atoms with E-state index in [4.69, 9.17) is 44.3 Å². The lowest BCUT2D eigenvalue weighted by molar-refractivity contribution is -0.207. The van der Waals surface area contributed by atoms with E-state index < -0.39 is 74.0 Å². The van der Waals surface area contributed by atoms with Gasteiger partial charge in [-0.3, -0.25) is 14.3 Å². The number of carboxylic acids is 1. The number of ether oxygens (including phenoxy) is 5. The highest BCUT2D eigenvalue weighted by Crippen LogP contribution is 2.62. The van der Waals surface area contributed by atoms with Crippen molar-refractivity contribution in [3.63, 3.8) is 0 Å². The summed E-state index contributed by atoms with van der Waals surface area (Å²) in [6.45, 7) is 10.8. The predicted molar refractivity (Wildman–Crippen MR) is 183 cm³/mol. The first-order valence-electron chi connectivity index (χ1n) is 17.3. The fourth-order valence-corrected chi connectivity index (χ4v) is 8.96. The summed E-state index contributed by atoms with van der Waals surface area (Å²) < 4.78 is 57.6. The van der Waals surface area contributed by atoms with E-state index >= 15 is 0 Å². The molecule has 1 unspecified atom stereocenters. The van der Waals surface area contributed by atoms with Crippen molar-refractivity contribution in [2.75, 3.05) is 31.3 Å². The van der Waals surface area contributed by atoms with Crippen LogP contribution in [0.1, 0.15) is 93.2 Å². The molecule has 0 radical (unpaired) electrons. The molecule has 0 bridgehead atoms. The third-order valence-electron chi connectivity index (χ3n) is 8.87. The summed E-state index contributed by atoms with van der Waals surface area (Å²) in [4.78, 5) is 35.8. The molecule has 0 spiro atoms. The predicted octanol–water partition coefficient (Wildman–Crippen LogP) is 5.42. The van der Waals surface area contributed by atoms with E-state index in [2.05, 4.69) is 15.1 Å². The summed E-state index contributed by atoms with van der Waals surface area (Å²) in [7, 11) is -4.23. The van der Waals surface area contributed by atoms with Gasteiger partial charge in [0.25, 0.3) is 0 Å². The molecular formula is C32H49ClN5O12P. The summed E-state index contributed by atoms with van der Waals surface area (Å²) in [6.07, 6.45) is 0.127. The second-order valence-electron chi connectivity index (χ2n) is 14.2. The second kappa shape index (κ2) is 15.5. The van der Waals surface area contributed by atoms with Gasteiger partial charge in [-0.25, -0.2) is 9.48 Å². The smallest absolute Gasteiger partial charge is 0.416 e. The number of hydrogen-bond acceptors (Lipinski definition) is 14. The van der Waals surface area contributed by atoms with Crippen molar-refractivity contribution in [1.82, 2.24) is 19.7 Å². The zero-order chi connectivity index (χ0) is 37.4. The van der Waals surface area contributed by atoms with Gasteiger partial charge < -0.3 is 42.9 Å². The first-order valence-corrected chi connectivity index (χ1v) is 19.2. The Hall–Kier alpha value is -2.47. The lowest BCUT2D eigenvalue weighted by atomic mass is 10.1. The highest BCUT2D eigenvalue weighted by molar-refractivity contribution is 7.55. The van der Waals surface area contributed by atoms with Gasteiger partial charge in [-0.15, -0.1) is 0 Å². The van der Waals surface area contributed by atoms with Crippen LogP contribution in [0.4, 0.5) is 10.6 Å². The van der Waals surface area contributed by atoms with Crippen molar-refractivity contribution in [3.05, 3.63) is 11.5 Å². The van der Waals surface area contributed by atoms with E-state index in [1.807, 2.05) is 0 Å². The Morgan fingerprint density at radius 3 is 2.35 bits per heavy atom.